The number of carbonyl (C=O) groups is 4. The largest absolute Gasteiger partial charge is 0.480 e. The van der Waals surface area contributed by atoms with Gasteiger partial charge in [0.2, 0.25) is 11.8 Å². The van der Waals surface area contributed by atoms with Crippen molar-refractivity contribution in [1.29, 1.82) is 0 Å². The van der Waals surface area contributed by atoms with Gasteiger partial charge in [-0.2, -0.15) is 0 Å². The van der Waals surface area contributed by atoms with E-state index in [1.54, 1.807) is 44.2 Å². The zero-order valence-corrected chi connectivity index (χ0v) is 24.5. The van der Waals surface area contributed by atoms with Crippen LogP contribution in [0.5, 0.6) is 0 Å². The number of carboxylic acids is 1. The molecule has 0 fully saturated rings. The second-order valence-electron chi connectivity index (χ2n) is 10.5. The molecule has 0 unspecified atom stereocenters. The molecule has 0 saturated heterocycles. The van der Waals surface area contributed by atoms with Gasteiger partial charge in [0.25, 0.3) is 0 Å². The van der Waals surface area contributed by atoms with Crippen LogP contribution < -0.4 is 32.7 Å². The number of benzene rings is 2. The molecule has 2 aromatic rings. The Hall–Kier alpha value is -4.65. The van der Waals surface area contributed by atoms with Crippen LogP contribution >= 0.6 is 0 Å². The Labute approximate surface area is 251 Å². The SMILES string of the molecule is CC(C)[C@H](NC(=O)[C@H](CCCN=C(N)N)NC(=O)N[C@@H](Cc1ccccc1)C(=O)O)C(=O)N[C@H](CO)Cc1ccccc1. The first-order chi connectivity index (χ1) is 20.5. The van der Waals surface area contributed by atoms with E-state index in [1.165, 1.54) is 0 Å². The number of nitrogens with two attached hydrogens (primary N) is 2. The van der Waals surface area contributed by atoms with Crippen molar-refractivity contribution < 1.29 is 29.4 Å². The van der Waals surface area contributed by atoms with Gasteiger partial charge >= 0.3 is 12.0 Å². The van der Waals surface area contributed by atoms with Crippen LogP contribution in [0.2, 0.25) is 0 Å². The molecule has 0 aliphatic carbocycles. The highest BCUT2D eigenvalue weighted by atomic mass is 16.4. The topological polar surface area (TPSA) is 221 Å². The molecule has 13 heteroatoms. The van der Waals surface area contributed by atoms with Gasteiger partial charge < -0.3 is 42.9 Å². The molecule has 4 atom stereocenters. The Morgan fingerprint density at radius 1 is 0.791 bits per heavy atom. The van der Waals surface area contributed by atoms with Crippen molar-refractivity contribution in [2.24, 2.45) is 22.4 Å². The summed E-state index contributed by atoms with van der Waals surface area (Å²) in [7, 11) is 0. The molecule has 4 amide bonds. The van der Waals surface area contributed by atoms with Gasteiger partial charge in [-0.05, 0) is 36.3 Å². The number of urea groups is 1. The maximum absolute atomic E-state index is 13.4. The molecule has 0 aliphatic rings. The Bertz CT molecular complexity index is 1210. The van der Waals surface area contributed by atoms with E-state index >= 15 is 0 Å². The van der Waals surface area contributed by atoms with Gasteiger partial charge in [-0.1, -0.05) is 74.5 Å². The van der Waals surface area contributed by atoms with Crippen LogP contribution in [0.25, 0.3) is 0 Å². The number of hydrogen-bond acceptors (Lipinski definition) is 6. The Morgan fingerprint density at radius 2 is 1.35 bits per heavy atom. The monoisotopic (exact) mass is 597 g/mol. The van der Waals surface area contributed by atoms with Gasteiger partial charge in [-0.15, -0.1) is 0 Å². The van der Waals surface area contributed by atoms with Crippen LogP contribution in [0.4, 0.5) is 4.79 Å². The van der Waals surface area contributed by atoms with Crippen LogP contribution in [0.3, 0.4) is 0 Å². The van der Waals surface area contributed by atoms with Gasteiger partial charge in [0.15, 0.2) is 5.96 Å². The minimum absolute atomic E-state index is 0.0372. The van der Waals surface area contributed by atoms with Crippen LogP contribution in [0.1, 0.15) is 37.8 Å². The average molecular weight is 598 g/mol. The highest BCUT2D eigenvalue weighted by molar-refractivity contribution is 5.92. The first-order valence-corrected chi connectivity index (χ1v) is 14.1. The van der Waals surface area contributed by atoms with Crippen LogP contribution in [0.15, 0.2) is 65.7 Å². The number of aliphatic hydroxyl groups excluding tert-OH is 1. The van der Waals surface area contributed by atoms with E-state index < -0.39 is 48.0 Å². The summed E-state index contributed by atoms with van der Waals surface area (Å²) in [4.78, 5) is 55.2. The van der Waals surface area contributed by atoms with Crippen molar-refractivity contribution in [3.63, 3.8) is 0 Å². The fourth-order valence-electron chi connectivity index (χ4n) is 4.32. The third-order valence-corrected chi connectivity index (χ3v) is 6.59. The first-order valence-electron chi connectivity index (χ1n) is 14.1. The fraction of sp³-hybridized carbons (Fsp3) is 0.433. The van der Waals surface area contributed by atoms with Gasteiger partial charge in [0.05, 0.1) is 12.6 Å². The Balaban J connectivity index is 2.12. The lowest BCUT2D eigenvalue weighted by molar-refractivity contribution is -0.139. The standard InChI is InChI=1S/C30H43N7O6/c1-19(2)25(27(40)34-22(18-38)16-20-10-5-3-6-11-20)37-26(39)23(14-9-15-33-29(31)32)35-30(43)36-24(28(41)42)17-21-12-7-4-8-13-21/h3-8,10-13,19,22-25,38H,9,14-18H2,1-2H3,(H,34,40)(H,37,39)(H,41,42)(H4,31,32,33)(H2,35,36,43)/t22-,23-,24-,25-/m0/s1. The summed E-state index contributed by atoms with van der Waals surface area (Å²) in [6.45, 7) is 3.39. The molecule has 43 heavy (non-hydrogen) atoms. The van der Waals surface area contributed by atoms with Gasteiger partial charge in [0, 0.05) is 13.0 Å². The molecule has 234 valence electrons. The number of aliphatic hydroxyl groups is 1. The number of amides is 4. The quantitative estimate of drug-likeness (QED) is 0.0716. The van der Waals surface area contributed by atoms with E-state index in [4.69, 9.17) is 11.5 Å². The molecular formula is C30H43N7O6. The summed E-state index contributed by atoms with van der Waals surface area (Å²) in [6, 6.07) is 13.4. The summed E-state index contributed by atoms with van der Waals surface area (Å²) < 4.78 is 0. The number of guanidine groups is 1. The highest BCUT2D eigenvalue weighted by Gasteiger charge is 2.30. The molecule has 13 nitrogen and oxygen atoms in total. The number of nitrogens with zero attached hydrogens (tertiary/aromatic N) is 1. The van der Waals surface area contributed by atoms with Crippen molar-refractivity contribution in [1.82, 2.24) is 21.3 Å². The lowest BCUT2D eigenvalue weighted by atomic mass is 10.0. The zero-order valence-electron chi connectivity index (χ0n) is 24.5. The summed E-state index contributed by atoms with van der Waals surface area (Å²) in [6.07, 6.45) is 0.845. The van der Waals surface area contributed by atoms with Crippen LogP contribution in [0, 0.1) is 5.92 Å². The predicted octanol–water partition coefficient (Wildman–Crippen LogP) is 0.264. The second kappa shape index (κ2) is 18.0. The number of carbonyl (C=O) groups excluding carboxylic acids is 3. The van der Waals surface area contributed by atoms with E-state index in [0.29, 0.717) is 18.4 Å². The molecular weight excluding hydrogens is 554 g/mol. The van der Waals surface area contributed by atoms with E-state index in [0.717, 1.165) is 5.56 Å². The molecule has 10 N–H and O–H groups in total. The fourth-order valence-corrected chi connectivity index (χ4v) is 4.32. The van der Waals surface area contributed by atoms with Crippen molar-refractivity contribution in [2.75, 3.05) is 13.2 Å². The maximum Gasteiger partial charge on any atom is 0.326 e. The number of aliphatic carboxylic acids is 1. The van der Waals surface area contributed by atoms with E-state index in [9.17, 15) is 29.4 Å². The molecule has 2 rings (SSSR count). The van der Waals surface area contributed by atoms with E-state index in [1.807, 2.05) is 30.3 Å². The summed E-state index contributed by atoms with van der Waals surface area (Å²) >= 11 is 0. The number of carboxylic acid groups (broad SMARTS) is 1. The molecule has 0 aliphatic heterocycles. The molecule has 0 spiro atoms. The summed E-state index contributed by atoms with van der Waals surface area (Å²) in [5.41, 5.74) is 12.4. The summed E-state index contributed by atoms with van der Waals surface area (Å²) in [5, 5.41) is 30.0. The third kappa shape index (κ3) is 12.8. The smallest absolute Gasteiger partial charge is 0.326 e. The lowest BCUT2D eigenvalue weighted by Crippen LogP contribution is -2.58. The van der Waals surface area contributed by atoms with Crippen LogP contribution in [-0.4, -0.2) is 77.3 Å². The van der Waals surface area contributed by atoms with Crippen molar-refractivity contribution in [3.05, 3.63) is 71.8 Å². The Kier molecular flexibility index (Phi) is 14.5. The molecule has 0 heterocycles. The molecule has 0 bridgehead atoms. The number of aliphatic imine (C=N–C) groups is 1. The maximum atomic E-state index is 13.4. The second-order valence-corrected chi connectivity index (χ2v) is 10.5. The van der Waals surface area contributed by atoms with Crippen molar-refractivity contribution in [2.45, 2.75) is 63.7 Å². The number of nitrogens with one attached hydrogen (secondary N) is 4. The predicted molar refractivity (Wildman–Crippen MR) is 163 cm³/mol. The molecule has 0 aromatic heterocycles. The normalized spacial score (nSPS) is 13.6. The molecule has 2 aromatic carbocycles. The molecule has 0 radical (unpaired) electrons. The van der Waals surface area contributed by atoms with Gasteiger partial charge in [-0.3, -0.25) is 14.6 Å². The minimum Gasteiger partial charge on any atom is -0.480 e. The summed E-state index contributed by atoms with van der Waals surface area (Å²) in [5.74, 6) is -2.83. The minimum atomic E-state index is -1.25. The average Bonchev–Trinajstić information content (AvgIpc) is 2.97. The molecule has 0 saturated carbocycles. The highest BCUT2D eigenvalue weighted by Crippen LogP contribution is 2.09. The Morgan fingerprint density at radius 3 is 1.86 bits per heavy atom. The van der Waals surface area contributed by atoms with Gasteiger partial charge in [-0.25, -0.2) is 9.59 Å². The zero-order chi connectivity index (χ0) is 31.8. The van der Waals surface area contributed by atoms with E-state index in [2.05, 4.69) is 26.3 Å². The van der Waals surface area contributed by atoms with Gasteiger partial charge in [0.1, 0.15) is 18.1 Å². The van der Waals surface area contributed by atoms with Crippen molar-refractivity contribution >= 4 is 29.8 Å². The van der Waals surface area contributed by atoms with E-state index in [-0.39, 0.29) is 37.9 Å². The van der Waals surface area contributed by atoms with Crippen molar-refractivity contribution in [3.8, 4) is 0 Å². The number of rotatable bonds is 17. The first kappa shape index (κ1) is 34.6. The third-order valence-electron chi connectivity index (χ3n) is 6.59. The number of hydrogen-bond donors (Lipinski definition) is 8. The lowest BCUT2D eigenvalue weighted by Gasteiger charge is -2.27. The van der Waals surface area contributed by atoms with Crippen LogP contribution in [-0.2, 0) is 27.2 Å².